The first-order chi connectivity index (χ1) is 11.6. The van der Waals surface area contributed by atoms with Gasteiger partial charge in [-0.05, 0) is 48.2 Å². The van der Waals surface area contributed by atoms with Crippen LogP contribution in [0.15, 0.2) is 42.5 Å². The van der Waals surface area contributed by atoms with Crippen LogP contribution in [0.3, 0.4) is 0 Å². The molecule has 1 amide bonds. The fraction of sp³-hybridized carbons (Fsp3) is 0.278. The van der Waals surface area contributed by atoms with Crippen LogP contribution in [-0.2, 0) is 4.79 Å². The summed E-state index contributed by atoms with van der Waals surface area (Å²) in [5, 5.41) is 2.80. The fourth-order valence-corrected chi connectivity index (χ4v) is 2.68. The molecule has 134 valence electrons. The van der Waals surface area contributed by atoms with E-state index < -0.39 is 11.6 Å². The van der Waals surface area contributed by atoms with Crippen molar-refractivity contribution in [3.05, 3.63) is 59.7 Å². The molecule has 2 aromatic rings. The van der Waals surface area contributed by atoms with Gasteiger partial charge in [-0.1, -0.05) is 6.07 Å². The predicted octanol–water partition coefficient (Wildman–Crippen LogP) is 3.47. The minimum Gasteiger partial charge on any atom is -0.492 e. The predicted molar refractivity (Wildman–Crippen MR) is 94.1 cm³/mol. The number of ether oxygens (including phenoxy) is 1. The number of hydrogen-bond acceptors (Lipinski definition) is 3. The third kappa shape index (κ3) is 4.67. The summed E-state index contributed by atoms with van der Waals surface area (Å²) in [5.74, 6) is -1.20. The number of carbonyl (C=O) groups is 1. The Morgan fingerprint density at radius 3 is 2.56 bits per heavy atom. The monoisotopic (exact) mass is 368 g/mol. The summed E-state index contributed by atoms with van der Waals surface area (Å²) < 4.78 is 32.1. The van der Waals surface area contributed by atoms with Crippen LogP contribution in [0.2, 0.25) is 0 Å². The van der Waals surface area contributed by atoms with Gasteiger partial charge in [-0.3, -0.25) is 4.79 Å². The molecule has 1 saturated carbocycles. The summed E-state index contributed by atoms with van der Waals surface area (Å²) in [5.41, 5.74) is 6.40. The maximum absolute atomic E-state index is 13.8. The number of nitrogens with one attached hydrogen (secondary N) is 1. The highest BCUT2D eigenvalue weighted by Gasteiger charge is 2.45. The summed E-state index contributed by atoms with van der Waals surface area (Å²) in [6.07, 6.45) is 0.562. The van der Waals surface area contributed by atoms with Gasteiger partial charge < -0.3 is 15.8 Å². The van der Waals surface area contributed by atoms with Gasteiger partial charge >= 0.3 is 0 Å². The van der Waals surface area contributed by atoms with E-state index in [1.807, 2.05) is 0 Å². The standard InChI is InChI=1S/C18H18F2N2O2.ClH/c19-11-1-6-14(17(20)9-11)15-10-16(15)18(23)22-12-2-4-13(5-3-12)24-8-7-21;/h1-6,9,15-16H,7-8,10,21H2,(H,22,23);1H. The van der Waals surface area contributed by atoms with Gasteiger partial charge in [0.15, 0.2) is 0 Å². The zero-order chi connectivity index (χ0) is 17.1. The molecule has 0 aromatic heterocycles. The second kappa shape index (κ2) is 8.27. The summed E-state index contributed by atoms with van der Waals surface area (Å²) in [6, 6.07) is 10.4. The molecular formula is C18H19ClF2N2O2. The average Bonchev–Trinajstić information content (AvgIpc) is 3.35. The first kappa shape index (κ1) is 19.1. The second-order valence-corrected chi connectivity index (χ2v) is 5.77. The van der Waals surface area contributed by atoms with Crippen molar-refractivity contribution < 1.29 is 18.3 Å². The molecule has 0 bridgehead atoms. The quantitative estimate of drug-likeness (QED) is 0.820. The highest BCUT2D eigenvalue weighted by atomic mass is 35.5. The molecule has 0 radical (unpaired) electrons. The Balaban J connectivity index is 0.00000225. The number of anilines is 1. The van der Waals surface area contributed by atoms with Crippen LogP contribution < -0.4 is 15.8 Å². The molecule has 3 rings (SSSR count). The van der Waals surface area contributed by atoms with Gasteiger partial charge in [0, 0.05) is 24.2 Å². The van der Waals surface area contributed by atoms with Crippen molar-refractivity contribution in [1.82, 2.24) is 0 Å². The van der Waals surface area contributed by atoms with Gasteiger partial charge in [0.05, 0.1) is 0 Å². The second-order valence-electron chi connectivity index (χ2n) is 5.77. The molecule has 1 fully saturated rings. The summed E-state index contributed by atoms with van der Waals surface area (Å²) in [4.78, 5) is 12.2. The molecule has 0 saturated heterocycles. The fourth-order valence-electron chi connectivity index (χ4n) is 2.68. The number of rotatable bonds is 6. The molecule has 2 unspecified atom stereocenters. The molecule has 2 atom stereocenters. The number of amides is 1. The van der Waals surface area contributed by atoms with E-state index in [4.69, 9.17) is 10.5 Å². The van der Waals surface area contributed by atoms with E-state index in [9.17, 15) is 13.6 Å². The summed E-state index contributed by atoms with van der Waals surface area (Å²) in [6.45, 7) is 0.861. The zero-order valence-corrected chi connectivity index (χ0v) is 14.2. The van der Waals surface area contributed by atoms with Crippen LogP contribution in [-0.4, -0.2) is 19.1 Å². The molecule has 1 aliphatic carbocycles. The van der Waals surface area contributed by atoms with Crippen molar-refractivity contribution in [2.45, 2.75) is 12.3 Å². The van der Waals surface area contributed by atoms with E-state index in [2.05, 4.69) is 5.32 Å². The van der Waals surface area contributed by atoms with E-state index in [1.54, 1.807) is 24.3 Å². The Hall–Kier alpha value is -2.18. The van der Waals surface area contributed by atoms with Gasteiger partial charge in [0.25, 0.3) is 0 Å². The Morgan fingerprint density at radius 1 is 1.20 bits per heavy atom. The molecule has 0 spiro atoms. The van der Waals surface area contributed by atoms with Crippen LogP contribution in [0.1, 0.15) is 17.9 Å². The van der Waals surface area contributed by atoms with E-state index in [0.29, 0.717) is 36.6 Å². The van der Waals surface area contributed by atoms with Gasteiger partial charge in [0.2, 0.25) is 5.91 Å². The Kier molecular flexibility index (Phi) is 6.33. The number of carbonyl (C=O) groups excluding carboxylic acids is 1. The third-order valence-electron chi connectivity index (χ3n) is 4.00. The van der Waals surface area contributed by atoms with Crippen molar-refractivity contribution in [2.75, 3.05) is 18.5 Å². The van der Waals surface area contributed by atoms with Gasteiger partial charge in [-0.2, -0.15) is 0 Å². The van der Waals surface area contributed by atoms with Gasteiger partial charge in [0.1, 0.15) is 24.0 Å². The van der Waals surface area contributed by atoms with Crippen molar-refractivity contribution in [3.8, 4) is 5.75 Å². The van der Waals surface area contributed by atoms with Crippen LogP contribution >= 0.6 is 12.4 Å². The molecule has 0 heterocycles. The summed E-state index contributed by atoms with van der Waals surface area (Å²) in [7, 11) is 0. The molecule has 0 aliphatic heterocycles. The molecule has 3 N–H and O–H groups in total. The van der Waals surface area contributed by atoms with E-state index in [0.717, 1.165) is 6.07 Å². The Morgan fingerprint density at radius 2 is 1.92 bits per heavy atom. The maximum Gasteiger partial charge on any atom is 0.228 e. The van der Waals surface area contributed by atoms with Gasteiger partial charge in [-0.15, -0.1) is 12.4 Å². The van der Waals surface area contributed by atoms with E-state index >= 15 is 0 Å². The molecule has 7 heteroatoms. The van der Waals surface area contributed by atoms with Crippen LogP contribution in [0, 0.1) is 17.6 Å². The molecule has 2 aromatic carbocycles. The molecule has 4 nitrogen and oxygen atoms in total. The third-order valence-corrected chi connectivity index (χ3v) is 4.00. The largest absolute Gasteiger partial charge is 0.492 e. The first-order valence-corrected chi connectivity index (χ1v) is 7.77. The minimum atomic E-state index is -0.616. The zero-order valence-electron chi connectivity index (χ0n) is 13.4. The summed E-state index contributed by atoms with van der Waals surface area (Å²) >= 11 is 0. The average molecular weight is 369 g/mol. The topological polar surface area (TPSA) is 64.3 Å². The first-order valence-electron chi connectivity index (χ1n) is 7.77. The Bertz CT molecular complexity index is 740. The molecular weight excluding hydrogens is 350 g/mol. The maximum atomic E-state index is 13.8. The SMILES string of the molecule is Cl.NCCOc1ccc(NC(=O)C2CC2c2ccc(F)cc2F)cc1. The highest BCUT2D eigenvalue weighted by molar-refractivity contribution is 5.95. The lowest BCUT2D eigenvalue weighted by Gasteiger charge is -2.08. The number of halogens is 3. The Labute approximate surface area is 150 Å². The van der Waals surface area contributed by atoms with Crippen LogP contribution in [0.5, 0.6) is 5.75 Å². The lowest BCUT2D eigenvalue weighted by atomic mass is 10.1. The lowest BCUT2D eigenvalue weighted by molar-refractivity contribution is -0.117. The van der Waals surface area contributed by atoms with Gasteiger partial charge in [-0.25, -0.2) is 8.78 Å². The highest BCUT2D eigenvalue weighted by Crippen LogP contribution is 2.48. The van der Waals surface area contributed by atoms with E-state index in [1.165, 1.54) is 12.1 Å². The molecule has 1 aliphatic rings. The number of nitrogens with two attached hydrogens (primary N) is 1. The van der Waals surface area contributed by atoms with Crippen molar-refractivity contribution >= 4 is 24.0 Å². The smallest absolute Gasteiger partial charge is 0.228 e. The lowest BCUT2D eigenvalue weighted by Crippen LogP contribution is -2.15. The number of benzene rings is 2. The molecule has 25 heavy (non-hydrogen) atoms. The van der Waals surface area contributed by atoms with Crippen molar-refractivity contribution in [3.63, 3.8) is 0 Å². The minimum absolute atomic E-state index is 0. The van der Waals surface area contributed by atoms with Crippen molar-refractivity contribution in [1.29, 1.82) is 0 Å². The number of hydrogen-bond donors (Lipinski definition) is 2. The van der Waals surface area contributed by atoms with E-state index in [-0.39, 0.29) is 30.2 Å². The van der Waals surface area contributed by atoms with Crippen molar-refractivity contribution in [2.24, 2.45) is 11.7 Å². The normalized spacial score (nSPS) is 18.2. The van der Waals surface area contributed by atoms with Crippen LogP contribution in [0.25, 0.3) is 0 Å². The van der Waals surface area contributed by atoms with Crippen LogP contribution in [0.4, 0.5) is 14.5 Å².